The van der Waals surface area contributed by atoms with E-state index in [0.29, 0.717) is 16.5 Å². The van der Waals surface area contributed by atoms with E-state index < -0.39 is 5.82 Å². The quantitative estimate of drug-likeness (QED) is 0.795. The van der Waals surface area contributed by atoms with Crippen molar-refractivity contribution in [1.29, 1.82) is 0 Å². The van der Waals surface area contributed by atoms with Crippen LogP contribution in [0.3, 0.4) is 0 Å². The molecule has 0 unspecified atom stereocenters. The van der Waals surface area contributed by atoms with Crippen LogP contribution < -0.4 is 4.74 Å². The number of aromatic nitrogens is 2. The summed E-state index contributed by atoms with van der Waals surface area (Å²) in [6, 6.07) is 6.31. The lowest BCUT2D eigenvalue weighted by Crippen LogP contribution is -1.98. The Morgan fingerprint density at radius 1 is 1.21 bits per heavy atom. The van der Waals surface area contributed by atoms with E-state index in [4.69, 9.17) is 16.3 Å². The van der Waals surface area contributed by atoms with Crippen LogP contribution in [0.15, 0.2) is 24.3 Å². The van der Waals surface area contributed by atoms with Crippen molar-refractivity contribution in [2.75, 3.05) is 7.11 Å². The van der Waals surface area contributed by atoms with E-state index >= 15 is 0 Å². The average molecular weight is 281 g/mol. The second-order valence-corrected chi connectivity index (χ2v) is 4.83. The summed E-state index contributed by atoms with van der Waals surface area (Å²) in [5.41, 5.74) is 1.40. The molecule has 0 bridgehead atoms. The van der Waals surface area contributed by atoms with Crippen molar-refractivity contribution in [2.45, 2.75) is 19.8 Å². The lowest BCUT2D eigenvalue weighted by molar-refractivity contribution is 0.386. The molecule has 0 amide bonds. The van der Waals surface area contributed by atoms with E-state index in [1.807, 2.05) is 13.8 Å². The van der Waals surface area contributed by atoms with Gasteiger partial charge in [0.05, 0.1) is 7.11 Å². The zero-order valence-electron chi connectivity index (χ0n) is 10.9. The van der Waals surface area contributed by atoms with E-state index in [-0.39, 0.29) is 11.7 Å². The summed E-state index contributed by atoms with van der Waals surface area (Å²) in [4.78, 5) is 8.53. The van der Waals surface area contributed by atoms with Gasteiger partial charge in [-0.05, 0) is 30.2 Å². The number of hydrogen-bond acceptors (Lipinski definition) is 3. The molecule has 0 fully saturated rings. The lowest BCUT2D eigenvalue weighted by Gasteiger charge is -2.08. The Balaban J connectivity index is 2.49. The van der Waals surface area contributed by atoms with Gasteiger partial charge in [-0.1, -0.05) is 25.4 Å². The third-order valence-corrected chi connectivity index (χ3v) is 2.91. The molecule has 0 saturated heterocycles. The van der Waals surface area contributed by atoms with Gasteiger partial charge in [0.1, 0.15) is 5.15 Å². The topological polar surface area (TPSA) is 35.0 Å². The van der Waals surface area contributed by atoms with E-state index in [2.05, 4.69) is 9.97 Å². The largest absolute Gasteiger partial charge is 0.494 e. The van der Waals surface area contributed by atoms with Crippen molar-refractivity contribution in [3.8, 4) is 17.1 Å². The van der Waals surface area contributed by atoms with Gasteiger partial charge in [0.25, 0.3) is 0 Å². The van der Waals surface area contributed by atoms with Crippen LogP contribution in [0.1, 0.15) is 25.5 Å². The summed E-state index contributed by atoms with van der Waals surface area (Å²) < 4.78 is 18.6. The van der Waals surface area contributed by atoms with Crippen LogP contribution in [-0.4, -0.2) is 17.1 Å². The second-order valence-electron chi connectivity index (χ2n) is 4.44. The Morgan fingerprint density at radius 3 is 2.53 bits per heavy atom. The van der Waals surface area contributed by atoms with Crippen molar-refractivity contribution in [3.05, 3.63) is 40.9 Å². The molecule has 1 aromatic carbocycles. The second kappa shape index (κ2) is 5.53. The number of rotatable bonds is 3. The van der Waals surface area contributed by atoms with Crippen LogP contribution in [0.5, 0.6) is 5.75 Å². The Hall–Kier alpha value is -1.68. The van der Waals surface area contributed by atoms with Gasteiger partial charge in [-0.2, -0.15) is 0 Å². The summed E-state index contributed by atoms with van der Waals surface area (Å²) in [6.07, 6.45) is 0. The van der Waals surface area contributed by atoms with E-state index in [9.17, 15) is 4.39 Å². The molecule has 0 radical (unpaired) electrons. The summed E-state index contributed by atoms with van der Waals surface area (Å²) in [6.45, 7) is 4.02. The summed E-state index contributed by atoms with van der Waals surface area (Å²) >= 11 is 5.97. The third kappa shape index (κ3) is 3.01. The Bertz CT molecular complexity index is 602. The Kier molecular flexibility index (Phi) is 4.00. The minimum Gasteiger partial charge on any atom is -0.494 e. The average Bonchev–Trinajstić information content (AvgIpc) is 2.37. The number of nitrogens with zero attached hydrogens (tertiary/aromatic N) is 2. The fraction of sp³-hybridized carbons (Fsp3) is 0.286. The van der Waals surface area contributed by atoms with Crippen LogP contribution in [-0.2, 0) is 0 Å². The van der Waals surface area contributed by atoms with Crippen molar-refractivity contribution >= 4 is 11.6 Å². The molecule has 1 aromatic heterocycles. The van der Waals surface area contributed by atoms with Crippen LogP contribution in [0.25, 0.3) is 11.4 Å². The SMILES string of the molecule is COc1ccc(-c2nc(Cl)cc(C(C)C)n2)cc1F. The fourth-order valence-electron chi connectivity index (χ4n) is 1.67. The molecule has 0 aliphatic carbocycles. The molecule has 0 aliphatic rings. The normalized spacial score (nSPS) is 10.8. The summed E-state index contributed by atoms with van der Waals surface area (Å²) in [7, 11) is 1.42. The van der Waals surface area contributed by atoms with Crippen LogP contribution in [0, 0.1) is 5.82 Å². The van der Waals surface area contributed by atoms with Crippen molar-refractivity contribution < 1.29 is 9.13 Å². The highest BCUT2D eigenvalue weighted by Crippen LogP contribution is 2.25. The van der Waals surface area contributed by atoms with Crippen LogP contribution >= 0.6 is 11.6 Å². The van der Waals surface area contributed by atoms with Gasteiger partial charge in [0, 0.05) is 11.3 Å². The van der Waals surface area contributed by atoms with Crippen LogP contribution in [0.2, 0.25) is 5.15 Å². The third-order valence-electron chi connectivity index (χ3n) is 2.72. The molecule has 0 saturated carbocycles. The first-order valence-corrected chi connectivity index (χ1v) is 6.27. The molecule has 1 heterocycles. The van der Waals surface area contributed by atoms with Gasteiger partial charge >= 0.3 is 0 Å². The van der Waals surface area contributed by atoms with E-state index in [1.54, 1.807) is 18.2 Å². The summed E-state index contributed by atoms with van der Waals surface area (Å²) in [5, 5.41) is 0.352. The number of hydrogen-bond donors (Lipinski definition) is 0. The molecule has 5 heteroatoms. The van der Waals surface area contributed by atoms with Crippen molar-refractivity contribution in [1.82, 2.24) is 9.97 Å². The molecule has 0 aliphatic heterocycles. The fourth-order valence-corrected chi connectivity index (χ4v) is 1.86. The van der Waals surface area contributed by atoms with Crippen molar-refractivity contribution in [3.63, 3.8) is 0 Å². The lowest BCUT2D eigenvalue weighted by atomic mass is 10.1. The van der Waals surface area contributed by atoms with Crippen LogP contribution in [0.4, 0.5) is 4.39 Å². The van der Waals surface area contributed by atoms with Gasteiger partial charge in [-0.25, -0.2) is 14.4 Å². The molecule has 19 heavy (non-hydrogen) atoms. The molecule has 2 rings (SSSR count). The molecule has 3 nitrogen and oxygen atoms in total. The predicted molar refractivity (Wildman–Crippen MR) is 73.1 cm³/mol. The van der Waals surface area contributed by atoms with Gasteiger partial charge in [-0.15, -0.1) is 0 Å². The standard InChI is InChI=1S/C14H14ClFN2O/c1-8(2)11-7-13(15)18-14(17-11)9-4-5-12(19-3)10(16)6-9/h4-8H,1-3H3. The first-order chi connectivity index (χ1) is 9.01. The Morgan fingerprint density at radius 2 is 1.95 bits per heavy atom. The molecule has 0 spiro atoms. The smallest absolute Gasteiger partial charge is 0.165 e. The first-order valence-electron chi connectivity index (χ1n) is 5.89. The minimum atomic E-state index is -0.449. The van der Waals surface area contributed by atoms with Gasteiger partial charge in [0.15, 0.2) is 17.4 Å². The molecule has 100 valence electrons. The van der Waals surface area contributed by atoms with Gasteiger partial charge < -0.3 is 4.74 Å². The number of halogens is 2. The maximum atomic E-state index is 13.7. The number of ether oxygens (including phenoxy) is 1. The highest BCUT2D eigenvalue weighted by atomic mass is 35.5. The molecule has 2 aromatic rings. The number of benzene rings is 1. The highest BCUT2D eigenvalue weighted by Gasteiger charge is 2.11. The zero-order valence-corrected chi connectivity index (χ0v) is 11.7. The maximum absolute atomic E-state index is 13.7. The monoisotopic (exact) mass is 280 g/mol. The predicted octanol–water partition coefficient (Wildman–Crippen LogP) is 4.07. The highest BCUT2D eigenvalue weighted by molar-refractivity contribution is 6.29. The first kappa shape index (κ1) is 13.7. The molecule has 0 atom stereocenters. The molecular formula is C14H14ClFN2O. The molecule has 0 N–H and O–H groups in total. The Labute approximate surface area is 116 Å². The summed E-state index contributed by atoms with van der Waals surface area (Å²) in [5.74, 6) is 0.379. The van der Waals surface area contributed by atoms with Crippen molar-refractivity contribution in [2.24, 2.45) is 0 Å². The maximum Gasteiger partial charge on any atom is 0.165 e. The molecular weight excluding hydrogens is 267 g/mol. The minimum absolute atomic E-state index is 0.190. The number of methoxy groups -OCH3 is 1. The van der Waals surface area contributed by atoms with E-state index in [0.717, 1.165) is 5.69 Å². The van der Waals surface area contributed by atoms with Gasteiger partial charge in [0.2, 0.25) is 0 Å². The zero-order chi connectivity index (χ0) is 14.0. The van der Waals surface area contributed by atoms with Gasteiger partial charge in [-0.3, -0.25) is 0 Å². The van der Waals surface area contributed by atoms with E-state index in [1.165, 1.54) is 13.2 Å².